The highest BCUT2D eigenvalue weighted by Crippen LogP contribution is 2.06. The molecule has 17 heavy (non-hydrogen) atoms. The van der Waals surface area contributed by atoms with Gasteiger partial charge in [-0.25, -0.2) is 0 Å². The molecule has 2 heterocycles. The van der Waals surface area contributed by atoms with Gasteiger partial charge in [-0.05, 0) is 12.1 Å². The summed E-state index contributed by atoms with van der Waals surface area (Å²) in [5.74, 6) is 0.597. The average Bonchev–Trinajstić information content (AvgIpc) is 2.99. The first-order valence-electron chi connectivity index (χ1n) is 5.20. The van der Waals surface area contributed by atoms with Gasteiger partial charge in [0.05, 0.1) is 19.3 Å². The summed E-state index contributed by atoms with van der Waals surface area (Å²) in [5.41, 5.74) is 5.38. The van der Waals surface area contributed by atoms with Gasteiger partial charge in [-0.3, -0.25) is 9.48 Å². The van der Waals surface area contributed by atoms with E-state index in [-0.39, 0.29) is 18.2 Å². The molecule has 0 aliphatic carbocycles. The second-order valence-electron chi connectivity index (χ2n) is 3.39. The fourth-order valence-electron chi connectivity index (χ4n) is 1.33. The molecule has 7 heteroatoms. The summed E-state index contributed by atoms with van der Waals surface area (Å²) in [6, 6.07) is 3.29. The zero-order valence-electron chi connectivity index (χ0n) is 9.17. The van der Waals surface area contributed by atoms with E-state index in [4.69, 9.17) is 10.2 Å². The van der Waals surface area contributed by atoms with Crippen molar-refractivity contribution in [2.24, 2.45) is 5.73 Å². The van der Waals surface area contributed by atoms with E-state index in [1.807, 2.05) is 0 Å². The number of amides is 1. The number of hydrogen-bond donors (Lipinski definition) is 2. The van der Waals surface area contributed by atoms with Gasteiger partial charge in [-0.2, -0.15) is 0 Å². The Balaban J connectivity index is 1.81. The lowest BCUT2D eigenvalue weighted by molar-refractivity contribution is 0.0922. The molecular weight excluding hydrogens is 222 g/mol. The minimum absolute atomic E-state index is 0.259. The number of aromatic nitrogens is 3. The third kappa shape index (κ3) is 2.91. The molecule has 3 N–H and O–H groups in total. The molecule has 0 saturated heterocycles. The van der Waals surface area contributed by atoms with E-state index >= 15 is 0 Å². The van der Waals surface area contributed by atoms with Crippen LogP contribution in [-0.4, -0.2) is 27.4 Å². The van der Waals surface area contributed by atoms with Crippen LogP contribution in [0.2, 0.25) is 0 Å². The number of carbonyl (C=O) groups excluding carboxylic acids is 1. The van der Waals surface area contributed by atoms with Crippen molar-refractivity contribution in [1.82, 2.24) is 20.3 Å². The predicted octanol–water partition coefficient (Wildman–Crippen LogP) is -0.240. The number of hydrogen-bond acceptors (Lipinski definition) is 5. The highest BCUT2D eigenvalue weighted by atomic mass is 16.4. The summed E-state index contributed by atoms with van der Waals surface area (Å²) in [4.78, 5) is 11.6. The monoisotopic (exact) mass is 235 g/mol. The maximum Gasteiger partial charge on any atom is 0.287 e. The van der Waals surface area contributed by atoms with Gasteiger partial charge in [0, 0.05) is 12.7 Å². The Morgan fingerprint density at radius 1 is 1.53 bits per heavy atom. The smallest absolute Gasteiger partial charge is 0.287 e. The van der Waals surface area contributed by atoms with Crippen molar-refractivity contribution in [3.63, 3.8) is 0 Å². The van der Waals surface area contributed by atoms with Crippen molar-refractivity contribution in [2.45, 2.75) is 13.1 Å². The summed E-state index contributed by atoms with van der Waals surface area (Å²) in [6.45, 7) is 1.31. The lowest BCUT2D eigenvalue weighted by atomic mass is 10.4. The molecule has 1 amide bonds. The van der Waals surface area contributed by atoms with Gasteiger partial charge in [-0.15, -0.1) is 5.10 Å². The van der Waals surface area contributed by atoms with Crippen LogP contribution in [0.15, 0.2) is 28.9 Å². The molecule has 0 bridgehead atoms. The third-order valence-corrected chi connectivity index (χ3v) is 2.19. The van der Waals surface area contributed by atoms with Crippen LogP contribution in [0.3, 0.4) is 0 Å². The van der Waals surface area contributed by atoms with Gasteiger partial charge in [0.15, 0.2) is 5.76 Å². The van der Waals surface area contributed by atoms with E-state index in [1.165, 1.54) is 0 Å². The highest BCUT2D eigenvalue weighted by Gasteiger charge is 2.09. The van der Waals surface area contributed by atoms with Crippen molar-refractivity contribution in [3.05, 3.63) is 36.0 Å². The fraction of sp³-hybridized carbons (Fsp3) is 0.300. The van der Waals surface area contributed by atoms with Crippen molar-refractivity contribution >= 4 is 5.91 Å². The molecule has 0 aliphatic rings. The molecule has 0 atom stereocenters. The van der Waals surface area contributed by atoms with Crippen molar-refractivity contribution < 1.29 is 9.21 Å². The standard InChI is InChI=1S/C10H13N5O2/c11-7-8-1-2-9(17-8)10(16)12-3-5-15-6-4-13-14-15/h1-2,4,6H,3,5,7,11H2,(H,12,16). The number of nitrogens with two attached hydrogens (primary N) is 1. The van der Waals surface area contributed by atoms with Crippen LogP contribution in [0.5, 0.6) is 0 Å². The van der Waals surface area contributed by atoms with Crippen LogP contribution in [0.4, 0.5) is 0 Å². The van der Waals surface area contributed by atoms with Gasteiger partial charge in [0.2, 0.25) is 0 Å². The molecule has 0 saturated carbocycles. The van der Waals surface area contributed by atoms with Crippen LogP contribution in [-0.2, 0) is 13.1 Å². The summed E-state index contributed by atoms with van der Waals surface area (Å²) in [6.07, 6.45) is 3.31. The Kier molecular flexibility index (Phi) is 3.51. The summed E-state index contributed by atoms with van der Waals surface area (Å²) in [7, 11) is 0. The van der Waals surface area contributed by atoms with Crippen LogP contribution in [0.1, 0.15) is 16.3 Å². The van der Waals surface area contributed by atoms with E-state index in [2.05, 4.69) is 15.6 Å². The Morgan fingerprint density at radius 3 is 3.06 bits per heavy atom. The van der Waals surface area contributed by atoms with Crippen LogP contribution >= 0.6 is 0 Å². The predicted molar refractivity (Wildman–Crippen MR) is 59.0 cm³/mol. The summed E-state index contributed by atoms with van der Waals surface area (Å²) >= 11 is 0. The quantitative estimate of drug-likeness (QED) is 0.745. The van der Waals surface area contributed by atoms with Crippen molar-refractivity contribution in [2.75, 3.05) is 6.54 Å². The number of carbonyl (C=O) groups is 1. The number of nitrogens with one attached hydrogen (secondary N) is 1. The fourth-order valence-corrected chi connectivity index (χ4v) is 1.33. The first kappa shape index (κ1) is 11.3. The molecule has 0 aromatic carbocycles. The number of nitrogens with zero attached hydrogens (tertiary/aromatic N) is 3. The molecule has 90 valence electrons. The summed E-state index contributed by atoms with van der Waals surface area (Å²) in [5, 5.41) is 10.2. The van der Waals surface area contributed by atoms with E-state index in [0.29, 0.717) is 18.8 Å². The zero-order chi connectivity index (χ0) is 12.1. The first-order chi connectivity index (χ1) is 8.29. The average molecular weight is 235 g/mol. The molecule has 0 fully saturated rings. The van der Waals surface area contributed by atoms with Crippen LogP contribution in [0, 0.1) is 0 Å². The Hall–Kier alpha value is -2.15. The van der Waals surface area contributed by atoms with Gasteiger partial charge >= 0.3 is 0 Å². The zero-order valence-corrected chi connectivity index (χ0v) is 9.17. The third-order valence-electron chi connectivity index (χ3n) is 2.19. The minimum Gasteiger partial charge on any atom is -0.455 e. The Bertz CT molecular complexity index is 477. The molecule has 0 aliphatic heterocycles. The molecule has 0 spiro atoms. The molecule has 2 rings (SSSR count). The summed E-state index contributed by atoms with van der Waals surface area (Å²) < 4.78 is 6.84. The first-order valence-corrected chi connectivity index (χ1v) is 5.20. The second-order valence-corrected chi connectivity index (χ2v) is 3.39. The van der Waals surface area contributed by atoms with E-state index in [9.17, 15) is 4.79 Å². The van der Waals surface area contributed by atoms with Crippen molar-refractivity contribution in [1.29, 1.82) is 0 Å². The molecule has 0 radical (unpaired) electrons. The molecular formula is C10H13N5O2. The highest BCUT2D eigenvalue weighted by molar-refractivity contribution is 5.91. The normalized spacial score (nSPS) is 10.4. The lowest BCUT2D eigenvalue weighted by Crippen LogP contribution is -2.27. The van der Waals surface area contributed by atoms with Gasteiger partial charge < -0.3 is 15.5 Å². The molecule has 0 unspecified atom stereocenters. The van der Waals surface area contributed by atoms with Crippen LogP contribution < -0.4 is 11.1 Å². The molecule has 7 nitrogen and oxygen atoms in total. The minimum atomic E-state index is -0.259. The van der Waals surface area contributed by atoms with E-state index in [1.54, 1.807) is 29.2 Å². The molecule has 2 aromatic heterocycles. The van der Waals surface area contributed by atoms with Gasteiger partial charge in [0.25, 0.3) is 5.91 Å². The van der Waals surface area contributed by atoms with Crippen LogP contribution in [0.25, 0.3) is 0 Å². The van der Waals surface area contributed by atoms with E-state index < -0.39 is 0 Å². The lowest BCUT2D eigenvalue weighted by Gasteiger charge is -2.02. The number of rotatable bonds is 5. The Morgan fingerprint density at radius 2 is 2.41 bits per heavy atom. The number of furan rings is 1. The molecule has 2 aromatic rings. The van der Waals surface area contributed by atoms with E-state index in [0.717, 1.165) is 0 Å². The van der Waals surface area contributed by atoms with Gasteiger partial charge in [0.1, 0.15) is 5.76 Å². The maximum absolute atomic E-state index is 11.6. The largest absolute Gasteiger partial charge is 0.455 e. The second kappa shape index (κ2) is 5.26. The SMILES string of the molecule is NCc1ccc(C(=O)NCCn2ccnn2)o1. The topological polar surface area (TPSA) is 99.0 Å². The maximum atomic E-state index is 11.6. The van der Waals surface area contributed by atoms with Gasteiger partial charge in [-0.1, -0.05) is 5.21 Å². The van der Waals surface area contributed by atoms with Crippen molar-refractivity contribution in [3.8, 4) is 0 Å². The Labute approximate surface area is 97.6 Å².